The van der Waals surface area contributed by atoms with Crippen molar-refractivity contribution < 1.29 is 33.7 Å². The second-order valence-corrected chi connectivity index (χ2v) is 13.2. The molecule has 2 N–H and O–H groups in total. The van der Waals surface area contributed by atoms with E-state index in [9.17, 15) is 19.5 Å². The summed E-state index contributed by atoms with van der Waals surface area (Å²) in [5.74, 6) is -0.0713. The molecule has 0 radical (unpaired) electrons. The topological polar surface area (TPSA) is 106 Å². The number of carbonyl (C=O) groups is 2. The van der Waals surface area contributed by atoms with Gasteiger partial charge in [-0.2, -0.15) is 0 Å². The van der Waals surface area contributed by atoms with Crippen molar-refractivity contribution in [3.63, 3.8) is 0 Å². The van der Waals surface area contributed by atoms with Gasteiger partial charge in [-0.3, -0.25) is 9.59 Å². The summed E-state index contributed by atoms with van der Waals surface area (Å²) in [6.07, 6.45) is 1.50. The molecular weight excluding hydrogens is 430 g/mol. The third kappa shape index (κ3) is 4.18. The summed E-state index contributed by atoms with van der Waals surface area (Å²) < 4.78 is 16.7. The normalized spacial score (nSPS) is 27.2. The fourth-order valence-electron chi connectivity index (χ4n) is 5.44. The van der Waals surface area contributed by atoms with Crippen LogP contribution in [0.2, 0.25) is 18.6 Å². The largest absolute Gasteiger partial charge is 0.497 e. The van der Waals surface area contributed by atoms with E-state index in [4.69, 9.17) is 14.2 Å². The van der Waals surface area contributed by atoms with Crippen molar-refractivity contribution in [1.29, 1.82) is 0 Å². The van der Waals surface area contributed by atoms with E-state index in [0.29, 0.717) is 38.0 Å². The van der Waals surface area contributed by atoms with Gasteiger partial charge in [-0.15, -0.1) is 0 Å². The summed E-state index contributed by atoms with van der Waals surface area (Å²) in [5.41, 5.74) is 0.0634. The average Bonchev–Trinajstić information content (AvgIpc) is 3.17. The first-order valence-corrected chi connectivity index (χ1v) is 14.2. The number of aliphatic hydroxyl groups excluding tert-OH is 1. The maximum absolute atomic E-state index is 13.9. The van der Waals surface area contributed by atoms with Crippen LogP contribution in [0.25, 0.3) is 0 Å². The van der Waals surface area contributed by atoms with E-state index >= 15 is 0 Å². The highest BCUT2D eigenvalue weighted by Crippen LogP contribution is 2.59. The molecule has 1 amide bonds. The van der Waals surface area contributed by atoms with Crippen LogP contribution < -0.4 is 9.64 Å². The monoisotopic (exact) mass is 465 g/mol. The van der Waals surface area contributed by atoms with Crippen LogP contribution in [0.15, 0.2) is 18.2 Å². The predicted octanol–water partition coefficient (Wildman–Crippen LogP) is 2.57. The number of amides is 1. The van der Waals surface area contributed by atoms with Crippen LogP contribution in [-0.4, -0.2) is 63.6 Å². The van der Waals surface area contributed by atoms with Gasteiger partial charge in [0.15, 0.2) is 13.9 Å². The van der Waals surface area contributed by atoms with Crippen molar-refractivity contribution in [2.45, 2.75) is 62.9 Å². The number of esters is 1. The summed E-state index contributed by atoms with van der Waals surface area (Å²) in [6.45, 7) is 6.05. The van der Waals surface area contributed by atoms with E-state index in [1.54, 1.807) is 12.0 Å². The average molecular weight is 466 g/mol. The number of methoxy groups -OCH3 is 2. The Balaban J connectivity index is 1.99. The second-order valence-electron chi connectivity index (χ2n) is 9.25. The molecule has 1 aromatic rings. The van der Waals surface area contributed by atoms with Gasteiger partial charge in [0.1, 0.15) is 5.75 Å². The van der Waals surface area contributed by atoms with E-state index in [0.717, 1.165) is 11.3 Å². The predicted molar refractivity (Wildman–Crippen MR) is 122 cm³/mol. The number of rotatable bonds is 9. The van der Waals surface area contributed by atoms with E-state index in [1.165, 1.54) is 7.11 Å². The highest BCUT2D eigenvalue weighted by atomic mass is 28.4. The number of aliphatic hydroxyl groups is 1. The Labute approximate surface area is 190 Å². The maximum Gasteiger partial charge on any atom is 0.305 e. The standard InChI is InChI=1S/C23H35NO7Si/c1-15-21(32(4,5)28)19(11-13-25)31-23(15)17-14-16(29-2)9-10-18(17)24(22(23)27)12-7-6-8-20(26)30-3/h9-10,14-15,19,21,25,28H,6-8,11-13H2,1-5H3/t15-,19+,21-,23+/m1/s1. The van der Waals surface area contributed by atoms with Crippen molar-refractivity contribution in [3.05, 3.63) is 23.8 Å². The van der Waals surface area contributed by atoms with Crippen LogP contribution in [0.1, 0.15) is 38.2 Å². The van der Waals surface area contributed by atoms with Gasteiger partial charge < -0.3 is 29.0 Å². The third-order valence-corrected chi connectivity index (χ3v) is 9.35. The molecule has 0 aliphatic carbocycles. The molecule has 0 unspecified atom stereocenters. The zero-order chi connectivity index (χ0) is 23.7. The third-order valence-electron chi connectivity index (χ3n) is 6.84. The van der Waals surface area contributed by atoms with Gasteiger partial charge in [-0.25, -0.2) is 0 Å². The number of carbonyl (C=O) groups excluding carboxylic acids is 2. The molecule has 0 aromatic heterocycles. The molecular formula is C23H35NO7Si. The van der Waals surface area contributed by atoms with Gasteiger partial charge in [-0.05, 0) is 50.6 Å². The quantitative estimate of drug-likeness (QED) is 0.328. The summed E-state index contributed by atoms with van der Waals surface area (Å²) >= 11 is 0. The summed E-state index contributed by atoms with van der Waals surface area (Å²) in [5, 5.41) is 9.63. The molecule has 0 saturated carbocycles. The highest BCUT2D eigenvalue weighted by Gasteiger charge is 2.66. The first kappa shape index (κ1) is 24.7. The van der Waals surface area contributed by atoms with Gasteiger partial charge in [0, 0.05) is 36.6 Å². The smallest absolute Gasteiger partial charge is 0.305 e. The Morgan fingerprint density at radius 3 is 2.59 bits per heavy atom. The number of hydrogen-bond acceptors (Lipinski definition) is 7. The van der Waals surface area contributed by atoms with Crippen LogP contribution in [0.4, 0.5) is 5.69 Å². The highest BCUT2D eigenvalue weighted by molar-refractivity contribution is 6.71. The van der Waals surface area contributed by atoms with Crippen LogP contribution in [0, 0.1) is 5.92 Å². The first-order chi connectivity index (χ1) is 15.1. The van der Waals surface area contributed by atoms with E-state index in [-0.39, 0.29) is 29.9 Å². The van der Waals surface area contributed by atoms with Crippen molar-refractivity contribution in [1.82, 2.24) is 0 Å². The minimum absolute atomic E-state index is 0.0785. The SMILES string of the molecule is COC(=O)CCCCN1C(=O)[C@@]2(O[C@@H](CCO)[C@H]([Si](C)(C)O)[C@H]2C)c2cc(OC)ccc21. The van der Waals surface area contributed by atoms with E-state index in [1.807, 2.05) is 38.2 Å². The van der Waals surface area contributed by atoms with Crippen molar-refractivity contribution in [2.24, 2.45) is 5.92 Å². The van der Waals surface area contributed by atoms with Gasteiger partial charge >= 0.3 is 5.97 Å². The van der Waals surface area contributed by atoms with Crippen LogP contribution >= 0.6 is 0 Å². The zero-order valence-corrected chi connectivity index (χ0v) is 20.6. The minimum atomic E-state index is -2.71. The number of unbranched alkanes of at least 4 members (excludes halogenated alkanes) is 1. The molecule has 32 heavy (non-hydrogen) atoms. The first-order valence-electron chi connectivity index (χ1n) is 11.2. The molecule has 2 aliphatic heterocycles. The molecule has 8 nitrogen and oxygen atoms in total. The van der Waals surface area contributed by atoms with E-state index < -0.39 is 20.0 Å². The Kier molecular flexibility index (Phi) is 7.33. The number of anilines is 1. The fraction of sp³-hybridized carbons (Fsp3) is 0.652. The van der Waals surface area contributed by atoms with Crippen LogP contribution in [0.5, 0.6) is 5.75 Å². The molecule has 3 rings (SSSR count). The van der Waals surface area contributed by atoms with Gasteiger partial charge in [0.2, 0.25) is 0 Å². The molecule has 178 valence electrons. The summed E-state index contributed by atoms with van der Waals surface area (Å²) in [7, 11) is 0.231. The van der Waals surface area contributed by atoms with Gasteiger partial charge in [0.25, 0.3) is 5.91 Å². The Hall–Kier alpha value is -1.94. The number of ether oxygens (including phenoxy) is 3. The molecule has 1 aromatic carbocycles. The van der Waals surface area contributed by atoms with E-state index in [2.05, 4.69) is 0 Å². The van der Waals surface area contributed by atoms with Crippen molar-refractivity contribution in [2.75, 3.05) is 32.3 Å². The molecule has 2 aliphatic rings. The minimum Gasteiger partial charge on any atom is -0.497 e. The molecule has 0 bridgehead atoms. The lowest BCUT2D eigenvalue weighted by molar-refractivity contribution is -0.146. The number of benzene rings is 1. The van der Waals surface area contributed by atoms with Crippen LogP contribution in [0.3, 0.4) is 0 Å². The molecule has 1 saturated heterocycles. The zero-order valence-electron chi connectivity index (χ0n) is 19.6. The Morgan fingerprint density at radius 1 is 1.28 bits per heavy atom. The number of fused-ring (bicyclic) bond motifs is 2. The summed E-state index contributed by atoms with van der Waals surface area (Å²) in [4.78, 5) is 38.2. The fourth-order valence-corrected chi connectivity index (χ4v) is 8.05. The number of hydrogen-bond donors (Lipinski definition) is 2. The summed E-state index contributed by atoms with van der Waals surface area (Å²) in [6, 6.07) is 5.54. The molecule has 9 heteroatoms. The van der Waals surface area contributed by atoms with Crippen molar-refractivity contribution >= 4 is 25.9 Å². The lowest BCUT2D eigenvalue weighted by Gasteiger charge is -2.32. The lowest BCUT2D eigenvalue weighted by Crippen LogP contribution is -2.46. The van der Waals surface area contributed by atoms with Crippen molar-refractivity contribution in [3.8, 4) is 5.75 Å². The van der Waals surface area contributed by atoms with Gasteiger partial charge in [0.05, 0.1) is 26.0 Å². The maximum atomic E-state index is 13.9. The molecule has 2 heterocycles. The Bertz CT molecular complexity index is 855. The Morgan fingerprint density at radius 2 is 2.00 bits per heavy atom. The van der Waals surface area contributed by atoms with Gasteiger partial charge in [-0.1, -0.05) is 6.92 Å². The lowest BCUT2D eigenvalue weighted by atomic mass is 9.82. The van der Waals surface area contributed by atoms with Crippen LogP contribution in [-0.2, 0) is 24.7 Å². The molecule has 1 fully saturated rings. The molecule has 4 atom stereocenters. The molecule has 1 spiro atoms. The number of nitrogens with zero attached hydrogens (tertiary/aromatic N) is 1. The second kappa shape index (κ2) is 9.50.